The van der Waals surface area contributed by atoms with E-state index in [9.17, 15) is 0 Å². The molecule has 84 valence electrons. The van der Waals surface area contributed by atoms with E-state index in [-0.39, 0.29) is 0 Å². The van der Waals surface area contributed by atoms with Crippen LogP contribution >= 0.6 is 0 Å². The first kappa shape index (κ1) is 10.6. The molecule has 1 aromatic rings. The average Bonchev–Trinajstić information content (AvgIpc) is 2.79. The minimum atomic E-state index is 0.726. The normalized spacial score (nSPS) is 18.1. The highest BCUT2D eigenvalue weighted by molar-refractivity contribution is 4.78. The molecule has 0 radical (unpaired) electrons. The smallest absolute Gasteiger partial charge is 0.0489 e. The lowest BCUT2D eigenvalue weighted by atomic mass is 10.1. The first-order valence-corrected chi connectivity index (χ1v) is 5.87. The lowest BCUT2D eigenvalue weighted by Gasteiger charge is -2.23. The molecule has 0 atom stereocenters. The number of rotatable bonds is 5. The van der Waals surface area contributed by atoms with Gasteiger partial charge in [0, 0.05) is 25.0 Å². The molecule has 0 aromatic carbocycles. The van der Waals surface area contributed by atoms with E-state index in [2.05, 4.69) is 15.7 Å². The second-order valence-corrected chi connectivity index (χ2v) is 4.10. The van der Waals surface area contributed by atoms with E-state index >= 15 is 0 Å². The summed E-state index contributed by atoms with van der Waals surface area (Å²) in [5.41, 5.74) is 0. The summed E-state index contributed by atoms with van der Waals surface area (Å²) in [7, 11) is 0. The van der Waals surface area contributed by atoms with Crippen LogP contribution in [0.5, 0.6) is 0 Å². The van der Waals surface area contributed by atoms with Crippen LogP contribution in [-0.4, -0.2) is 35.5 Å². The highest BCUT2D eigenvalue weighted by Gasteiger charge is 2.10. The fourth-order valence-electron chi connectivity index (χ4n) is 2.01. The summed E-state index contributed by atoms with van der Waals surface area (Å²) in [6.45, 7) is 4.45. The molecule has 0 bridgehead atoms. The molecule has 1 aromatic heterocycles. The Hall–Kier alpha value is -0.870. The van der Waals surface area contributed by atoms with Crippen molar-refractivity contribution < 1.29 is 0 Å². The monoisotopic (exact) mass is 208 g/mol. The van der Waals surface area contributed by atoms with Gasteiger partial charge >= 0.3 is 0 Å². The maximum atomic E-state index is 4.18. The van der Waals surface area contributed by atoms with Crippen molar-refractivity contribution in [3.05, 3.63) is 18.5 Å². The van der Waals surface area contributed by atoms with Crippen LogP contribution in [0.4, 0.5) is 0 Å². The summed E-state index contributed by atoms with van der Waals surface area (Å²) < 4.78 is 1.99. The summed E-state index contributed by atoms with van der Waals surface area (Å²) in [6.07, 6.45) is 7.54. The molecule has 1 fully saturated rings. The fourth-order valence-corrected chi connectivity index (χ4v) is 2.01. The molecule has 4 nitrogen and oxygen atoms in total. The van der Waals surface area contributed by atoms with Gasteiger partial charge in [-0.3, -0.25) is 4.68 Å². The van der Waals surface area contributed by atoms with Crippen LogP contribution in [0.15, 0.2) is 18.5 Å². The molecular weight excluding hydrogens is 188 g/mol. The van der Waals surface area contributed by atoms with Crippen molar-refractivity contribution in [3.63, 3.8) is 0 Å². The zero-order chi connectivity index (χ0) is 10.3. The van der Waals surface area contributed by atoms with E-state index in [1.807, 2.05) is 23.1 Å². The lowest BCUT2D eigenvalue weighted by molar-refractivity contribution is 0.380. The first-order valence-electron chi connectivity index (χ1n) is 5.87. The summed E-state index contributed by atoms with van der Waals surface area (Å²) in [5, 5.41) is 11.2. The summed E-state index contributed by atoms with van der Waals surface area (Å²) in [5.74, 6) is 0. The molecule has 2 N–H and O–H groups in total. The largest absolute Gasteiger partial charge is 0.317 e. The van der Waals surface area contributed by atoms with Crippen molar-refractivity contribution in [3.8, 4) is 0 Å². The van der Waals surface area contributed by atoms with Crippen molar-refractivity contribution in [1.82, 2.24) is 20.4 Å². The van der Waals surface area contributed by atoms with E-state index in [4.69, 9.17) is 0 Å². The number of hydrogen-bond acceptors (Lipinski definition) is 3. The summed E-state index contributed by atoms with van der Waals surface area (Å²) in [4.78, 5) is 0. The number of piperidine rings is 1. The molecule has 0 aliphatic carbocycles. The molecule has 0 amide bonds. The highest BCUT2D eigenvalue weighted by Crippen LogP contribution is 2.01. The summed E-state index contributed by atoms with van der Waals surface area (Å²) >= 11 is 0. The van der Waals surface area contributed by atoms with Crippen LogP contribution in [0, 0.1) is 0 Å². The number of hydrogen-bond donors (Lipinski definition) is 2. The van der Waals surface area contributed by atoms with Gasteiger partial charge in [0.2, 0.25) is 0 Å². The molecule has 1 aliphatic rings. The summed E-state index contributed by atoms with van der Waals surface area (Å²) in [6, 6.07) is 2.70. The first-order chi connectivity index (χ1) is 7.45. The Morgan fingerprint density at radius 1 is 1.40 bits per heavy atom. The van der Waals surface area contributed by atoms with E-state index in [0.717, 1.165) is 38.6 Å². The van der Waals surface area contributed by atoms with E-state index in [0.29, 0.717) is 0 Å². The Bertz CT molecular complexity index is 252. The molecule has 15 heavy (non-hydrogen) atoms. The van der Waals surface area contributed by atoms with Crippen molar-refractivity contribution >= 4 is 0 Å². The number of aryl methyl sites for hydroxylation is 1. The maximum Gasteiger partial charge on any atom is 0.0489 e. The van der Waals surface area contributed by atoms with Crippen molar-refractivity contribution in [2.45, 2.75) is 31.8 Å². The van der Waals surface area contributed by atoms with Gasteiger partial charge in [-0.25, -0.2) is 0 Å². The molecule has 0 saturated carbocycles. The minimum absolute atomic E-state index is 0.726. The molecule has 4 heteroatoms. The molecule has 2 rings (SSSR count). The third-order valence-electron chi connectivity index (χ3n) is 2.90. The van der Waals surface area contributed by atoms with Crippen LogP contribution in [0.25, 0.3) is 0 Å². The predicted molar refractivity (Wildman–Crippen MR) is 60.7 cm³/mol. The van der Waals surface area contributed by atoms with Gasteiger partial charge in [0.05, 0.1) is 0 Å². The van der Waals surface area contributed by atoms with E-state index in [1.165, 1.54) is 12.8 Å². The van der Waals surface area contributed by atoms with Gasteiger partial charge < -0.3 is 10.6 Å². The second kappa shape index (κ2) is 5.88. The Morgan fingerprint density at radius 3 is 3.00 bits per heavy atom. The van der Waals surface area contributed by atoms with Crippen molar-refractivity contribution in [1.29, 1.82) is 0 Å². The van der Waals surface area contributed by atoms with Gasteiger partial charge in [-0.1, -0.05) is 0 Å². The lowest BCUT2D eigenvalue weighted by Crippen LogP contribution is -2.40. The Morgan fingerprint density at radius 2 is 2.27 bits per heavy atom. The number of nitrogens with zero attached hydrogens (tertiary/aromatic N) is 2. The molecule has 1 aliphatic heterocycles. The standard InChI is InChI=1S/C11H20N4/c1(9-15-10-2-6-14-15)5-13-11-3-7-12-8-4-11/h2,6,10-13H,1,3-5,7-9H2. The Labute approximate surface area is 91.1 Å². The predicted octanol–water partition coefficient (Wildman–Crippen LogP) is 0.615. The van der Waals surface area contributed by atoms with Crippen LogP contribution < -0.4 is 10.6 Å². The van der Waals surface area contributed by atoms with Gasteiger partial charge in [0.25, 0.3) is 0 Å². The maximum absolute atomic E-state index is 4.18. The molecule has 0 spiro atoms. The van der Waals surface area contributed by atoms with Crippen molar-refractivity contribution in [2.75, 3.05) is 19.6 Å². The molecule has 1 saturated heterocycles. The van der Waals surface area contributed by atoms with E-state index < -0.39 is 0 Å². The number of aromatic nitrogens is 2. The van der Waals surface area contributed by atoms with Crippen LogP contribution in [0.1, 0.15) is 19.3 Å². The zero-order valence-electron chi connectivity index (χ0n) is 9.15. The van der Waals surface area contributed by atoms with Gasteiger partial charge in [-0.2, -0.15) is 5.10 Å². The van der Waals surface area contributed by atoms with E-state index in [1.54, 1.807) is 0 Å². The van der Waals surface area contributed by atoms with Gasteiger partial charge in [0.15, 0.2) is 0 Å². The number of nitrogens with one attached hydrogen (secondary N) is 2. The van der Waals surface area contributed by atoms with Crippen LogP contribution in [-0.2, 0) is 6.54 Å². The highest BCUT2D eigenvalue weighted by atomic mass is 15.3. The SMILES string of the molecule is c1cnn(CCCNC2CCNCC2)c1. The van der Waals surface area contributed by atoms with Crippen molar-refractivity contribution in [2.24, 2.45) is 0 Å². The van der Waals surface area contributed by atoms with Crippen LogP contribution in [0.3, 0.4) is 0 Å². The van der Waals surface area contributed by atoms with Gasteiger partial charge in [0.1, 0.15) is 0 Å². The Balaban J connectivity index is 1.54. The third kappa shape index (κ3) is 3.64. The molecular formula is C11H20N4. The Kier molecular flexibility index (Phi) is 4.17. The van der Waals surface area contributed by atoms with Gasteiger partial charge in [-0.15, -0.1) is 0 Å². The third-order valence-corrected chi connectivity index (χ3v) is 2.90. The second-order valence-electron chi connectivity index (χ2n) is 4.10. The molecule has 2 heterocycles. The van der Waals surface area contributed by atoms with Gasteiger partial charge in [-0.05, 0) is 45.0 Å². The fraction of sp³-hybridized carbons (Fsp3) is 0.727. The van der Waals surface area contributed by atoms with Crippen LogP contribution in [0.2, 0.25) is 0 Å². The quantitative estimate of drug-likeness (QED) is 0.697. The zero-order valence-corrected chi connectivity index (χ0v) is 9.15. The average molecular weight is 208 g/mol. The molecule has 0 unspecified atom stereocenters. The minimum Gasteiger partial charge on any atom is -0.317 e. The topological polar surface area (TPSA) is 41.9 Å².